The van der Waals surface area contributed by atoms with Crippen molar-refractivity contribution in [3.63, 3.8) is 0 Å². The molecule has 5 nitrogen and oxygen atoms in total. The van der Waals surface area contributed by atoms with Gasteiger partial charge in [-0.2, -0.15) is 4.98 Å². The van der Waals surface area contributed by atoms with Crippen LogP contribution in [-0.2, 0) is 13.1 Å². The molecule has 2 heterocycles. The maximum absolute atomic E-state index is 14.0. The molecule has 0 amide bonds. The molecule has 0 aliphatic carbocycles. The van der Waals surface area contributed by atoms with Crippen LogP contribution in [0.1, 0.15) is 11.5 Å². The molecule has 0 spiro atoms. The van der Waals surface area contributed by atoms with E-state index in [1.54, 1.807) is 18.2 Å². The Morgan fingerprint density at radius 1 is 0.893 bits per heavy atom. The van der Waals surface area contributed by atoms with Gasteiger partial charge >= 0.3 is 0 Å². The lowest BCUT2D eigenvalue weighted by molar-refractivity contribution is 0.111. The van der Waals surface area contributed by atoms with Crippen molar-refractivity contribution in [1.82, 2.24) is 19.9 Å². The van der Waals surface area contributed by atoms with Gasteiger partial charge in [0.2, 0.25) is 11.7 Å². The highest BCUT2D eigenvalue weighted by Crippen LogP contribution is 2.25. The Morgan fingerprint density at radius 2 is 1.57 bits per heavy atom. The molecule has 0 radical (unpaired) electrons. The third-order valence-corrected chi connectivity index (χ3v) is 5.53. The van der Waals surface area contributed by atoms with Crippen LogP contribution < -0.4 is 0 Å². The normalized spacial score (nSPS) is 15.8. The summed E-state index contributed by atoms with van der Waals surface area (Å²) in [6, 6.07) is 12.2. The average molecular weight is 421 g/mol. The van der Waals surface area contributed by atoms with Crippen LogP contribution in [0, 0.1) is 5.82 Å². The molecule has 0 bridgehead atoms. The first-order valence-corrected chi connectivity index (χ1v) is 9.81. The van der Waals surface area contributed by atoms with Crippen molar-refractivity contribution in [1.29, 1.82) is 0 Å². The Morgan fingerprint density at radius 3 is 2.29 bits per heavy atom. The first-order chi connectivity index (χ1) is 13.6. The Kier molecular flexibility index (Phi) is 5.92. The van der Waals surface area contributed by atoms with Crippen LogP contribution in [0.4, 0.5) is 4.39 Å². The first kappa shape index (κ1) is 19.3. The van der Waals surface area contributed by atoms with Gasteiger partial charge in [-0.05, 0) is 24.3 Å². The zero-order valence-electron chi connectivity index (χ0n) is 15.1. The van der Waals surface area contributed by atoms with Crippen LogP contribution in [0.15, 0.2) is 47.0 Å². The SMILES string of the molecule is Fc1cccc(Cl)c1CN1CCN(Cc2nc(-c3ccccc3Cl)no2)CC1. The van der Waals surface area contributed by atoms with E-state index in [1.807, 2.05) is 18.2 Å². The second-order valence-corrected chi connectivity index (χ2v) is 7.56. The van der Waals surface area contributed by atoms with Crippen molar-refractivity contribution in [2.24, 2.45) is 0 Å². The average Bonchev–Trinajstić information content (AvgIpc) is 3.15. The fourth-order valence-corrected chi connectivity index (χ4v) is 3.72. The second-order valence-electron chi connectivity index (χ2n) is 6.74. The van der Waals surface area contributed by atoms with Gasteiger partial charge < -0.3 is 4.52 Å². The molecule has 0 atom stereocenters. The number of aromatic nitrogens is 2. The van der Waals surface area contributed by atoms with Gasteiger partial charge in [0.15, 0.2) is 0 Å². The summed E-state index contributed by atoms with van der Waals surface area (Å²) in [5, 5.41) is 5.10. The van der Waals surface area contributed by atoms with Gasteiger partial charge in [-0.1, -0.05) is 46.6 Å². The van der Waals surface area contributed by atoms with Crippen molar-refractivity contribution in [2.75, 3.05) is 26.2 Å². The van der Waals surface area contributed by atoms with Gasteiger partial charge in [0, 0.05) is 48.9 Å². The van der Waals surface area contributed by atoms with E-state index in [9.17, 15) is 4.39 Å². The first-order valence-electron chi connectivity index (χ1n) is 9.05. The Hall–Kier alpha value is -1.99. The van der Waals surface area contributed by atoms with E-state index >= 15 is 0 Å². The van der Waals surface area contributed by atoms with E-state index in [4.69, 9.17) is 27.7 Å². The van der Waals surface area contributed by atoms with Crippen molar-refractivity contribution >= 4 is 23.2 Å². The fraction of sp³-hybridized carbons (Fsp3) is 0.300. The second kappa shape index (κ2) is 8.57. The van der Waals surface area contributed by atoms with Crippen LogP contribution in [0.3, 0.4) is 0 Å². The number of piperazine rings is 1. The summed E-state index contributed by atoms with van der Waals surface area (Å²) >= 11 is 12.3. The van der Waals surface area contributed by atoms with Gasteiger partial charge in [0.1, 0.15) is 5.82 Å². The zero-order valence-corrected chi connectivity index (χ0v) is 16.6. The zero-order chi connectivity index (χ0) is 19.5. The highest BCUT2D eigenvalue weighted by molar-refractivity contribution is 6.33. The van der Waals surface area contributed by atoms with E-state index < -0.39 is 0 Å². The molecule has 2 aromatic carbocycles. The minimum absolute atomic E-state index is 0.257. The molecular formula is C20H19Cl2FN4O. The molecule has 1 aliphatic heterocycles. The third kappa shape index (κ3) is 4.36. The number of rotatable bonds is 5. The summed E-state index contributed by atoms with van der Waals surface area (Å²) in [5.74, 6) is 0.793. The van der Waals surface area contributed by atoms with Crippen molar-refractivity contribution in [3.05, 3.63) is 69.8 Å². The molecule has 1 fully saturated rings. The predicted molar refractivity (Wildman–Crippen MR) is 107 cm³/mol. The van der Waals surface area contributed by atoms with Crippen LogP contribution in [0.5, 0.6) is 0 Å². The smallest absolute Gasteiger partial charge is 0.241 e. The largest absolute Gasteiger partial charge is 0.338 e. The number of nitrogens with zero attached hydrogens (tertiary/aromatic N) is 4. The van der Waals surface area contributed by atoms with E-state index in [0.717, 1.165) is 31.7 Å². The van der Waals surface area contributed by atoms with Crippen molar-refractivity contribution < 1.29 is 8.91 Å². The molecule has 28 heavy (non-hydrogen) atoms. The lowest BCUT2D eigenvalue weighted by Crippen LogP contribution is -2.45. The summed E-state index contributed by atoms with van der Waals surface area (Å²) in [6.45, 7) is 4.38. The topological polar surface area (TPSA) is 45.4 Å². The molecule has 1 aromatic heterocycles. The molecule has 4 rings (SSSR count). The summed E-state index contributed by atoms with van der Waals surface area (Å²) < 4.78 is 19.4. The molecule has 0 N–H and O–H groups in total. The van der Waals surface area contributed by atoms with Gasteiger partial charge in [-0.25, -0.2) is 4.39 Å². The number of hydrogen-bond donors (Lipinski definition) is 0. The van der Waals surface area contributed by atoms with Gasteiger partial charge in [0.05, 0.1) is 11.6 Å². The van der Waals surface area contributed by atoms with E-state index in [-0.39, 0.29) is 5.82 Å². The molecule has 3 aromatic rings. The Balaban J connectivity index is 1.33. The Bertz CT molecular complexity index is 937. The number of halogens is 3. The van der Waals surface area contributed by atoms with E-state index in [0.29, 0.717) is 40.4 Å². The quantitative estimate of drug-likeness (QED) is 0.607. The molecule has 0 unspecified atom stereocenters. The van der Waals surface area contributed by atoms with E-state index in [1.165, 1.54) is 6.07 Å². The van der Waals surface area contributed by atoms with Gasteiger partial charge in [-0.15, -0.1) is 0 Å². The van der Waals surface area contributed by atoms with Gasteiger partial charge in [-0.3, -0.25) is 9.80 Å². The van der Waals surface area contributed by atoms with Crippen LogP contribution in [-0.4, -0.2) is 46.1 Å². The molecule has 1 aliphatic rings. The minimum atomic E-state index is -0.257. The van der Waals surface area contributed by atoms with Gasteiger partial charge in [0.25, 0.3) is 0 Å². The monoisotopic (exact) mass is 420 g/mol. The predicted octanol–water partition coefficient (Wildman–Crippen LogP) is 4.50. The summed E-state index contributed by atoms with van der Waals surface area (Å²) in [6.07, 6.45) is 0. The lowest BCUT2D eigenvalue weighted by atomic mass is 10.2. The summed E-state index contributed by atoms with van der Waals surface area (Å²) in [5.41, 5.74) is 1.31. The molecule has 0 saturated carbocycles. The minimum Gasteiger partial charge on any atom is -0.338 e. The summed E-state index contributed by atoms with van der Waals surface area (Å²) in [4.78, 5) is 8.90. The molecule has 146 valence electrons. The van der Waals surface area contributed by atoms with Crippen molar-refractivity contribution in [2.45, 2.75) is 13.1 Å². The highest BCUT2D eigenvalue weighted by Gasteiger charge is 2.21. The van der Waals surface area contributed by atoms with Crippen molar-refractivity contribution in [3.8, 4) is 11.4 Å². The fourth-order valence-electron chi connectivity index (χ4n) is 3.27. The molecule has 1 saturated heterocycles. The highest BCUT2D eigenvalue weighted by atomic mass is 35.5. The summed E-state index contributed by atoms with van der Waals surface area (Å²) in [7, 11) is 0. The standard InChI is InChI=1S/C20H19Cl2FN4O/c21-16-5-2-1-4-14(16)20-24-19(28-25-20)13-27-10-8-26(9-11-27)12-15-17(22)6-3-7-18(15)23/h1-7H,8-13H2. The van der Waals surface area contributed by atoms with Crippen LogP contribution in [0.2, 0.25) is 10.0 Å². The Labute approximate surface area is 172 Å². The maximum atomic E-state index is 14.0. The lowest BCUT2D eigenvalue weighted by Gasteiger charge is -2.34. The third-order valence-electron chi connectivity index (χ3n) is 4.85. The molecule has 8 heteroatoms. The van der Waals surface area contributed by atoms with E-state index in [2.05, 4.69) is 19.9 Å². The maximum Gasteiger partial charge on any atom is 0.241 e. The number of hydrogen-bond acceptors (Lipinski definition) is 5. The number of benzene rings is 2. The van der Waals surface area contributed by atoms with Crippen LogP contribution >= 0.6 is 23.2 Å². The molecular weight excluding hydrogens is 402 g/mol. The van der Waals surface area contributed by atoms with Crippen LogP contribution in [0.25, 0.3) is 11.4 Å².